The molecule has 3 heterocycles. The molecule has 0 saturated carbocycles. The van der Waals surface area contributed by atoms with Crippen LogP contribution in [0.2, 0.25) is 0 Å². The molecule has 10 rings (SSSR count). The lowest BCUT2D eigenvalue weighted by atomic mass is 10.1. The molecule has 10 aromatic rings. The van der Waals surface area contributed by atoms with Crippen LogP contribution >= 0.6 is 0 Å². The van der Waals surface area contributed by atoms with E-state index in [4.69, 9.17) is 4.42 Å². The van der Waals surface area contributed by atoms with Gasteiger partial charge in [0.1, 0.15) is 11.2 Å². The van der Waals surface area contributed by atoms with Gasteiger partial charge in [0.2, 0.25) is 0 Å². The van der Waals surface area contributed by atoms with Gasteiger partial charge >= 0.3 is 0 Å². The number of para-hydroxylation sites is 3. The second kappa shape index (κ2) is 9.22. The fourth-order valence-electron chi connectivity index (χ4n) is 7.35. The average molecular weight is 575 g/mol. The first-order valence-electron chi connectivity index (χ1n) is 15.4. The van der Waals surface area contributed by atoms with E-state index < -0.39 is 0 Å². The van der Waals surface area contributed by atoms with Crippen LogP contribution in [0.4, 0.5) is 0 Å². The molecule has 0 atom stereocenters. The highest BCUT2D eigenvalue weighted by atomic mass is 16.3. The van der Waals surface area contributed by atoms with E-state index in [1.807, 2.05) is 12.1 Å². The van der Waals surface area contributed by atoms with Gasteiger partial charge in [0.15, 0.2) is 0 Å². The number of fused-ring (bicyclic) bond motifs is 10. The fourth-order valence-corrected chi connectivity index (χ4v) is 7.35. The number of nitrogens with zero attached hydrogens (tertiary/aromatic N) is 2. The highest BCUT2D eigenvalue weighted by molar-refractivity contribution is 6.24. The molecule has 0 amide bonds. The third-order valence-corrected chi connectivity index (χ3v) is 9.30. The van der Waals surface area contributed by atoms with Crippen LogP contribution in [0.3, 0.4) is 0 Å². The van der Waals surface area contributed by atoms with Crippen molar-refractivity contribution in [3.8, 4) is 22.5 Å². The van der Waals surface area contributed by atoms with E-state index in [1.165, 1.54) is 54.7 Å². The molecule has 0 fully saturated rings. The van der Waals surface area contributed by atoms with Gasteiger partial charge in [-0.25, -0.2) is 0 Å². The van der Waals surface area contributed by atoms with Crippen LogP contribution < -0.4 is 0 Å². The second-order valence-corrected chi connectivity index (χ2v) is 11.8. The van der Waals surface area contributed by atoms with E-state index in [9.17, 15) is 0 Å². The standard InChI is InChI=1S/C42H26N2O/c1-2-11-27(12-3-1)28-13-10-14-29(25-28)43-37-18-7-4-15-31(37)34-22-23-35-32-16-5-8-19-38(32)44(42(35)41(34)43)30-21-24-40-36(26-30)33-17-6-9-20-39(33)45-40/h1-26H. The molecule has 0 aliphatic heterocycles. The van der Waals surface area contributed by atoms with Crippen molar-refractivity contribution >= 4 is 65.6 Å². The summed E-state index contributed by atoms with van der Waals surface area (Å²) < 4.78 is 11.1. The zero-order valence-electron chi connectivity index (χ0n) is 24.3. The quantitative estimate of drug-likeness (QED) is 0.206. The zero-order valence-corrected chi connectivity index (χ0v) is 24.3. The van der Waals surface area contributed by atoms with Gasteiger partial charge < -0.3 is 13.6 Å². The topological polar surface area (TPSA) is 23.0 Å². The monoisotopic (exact) mass is 574 g/mol. The number of furan rings is 1. The lowest BCUT2D eigenvalue weighted by Gasteiger charge is -2.13. The maximum absolute atomic E-state index is 6.22. The molecule has 0 N–H and O–H groups in total. The van der Waals surface area contributed by atoms with Crippen molar-refractivity contribution in [3.05, 3.63) is 158 Å². The first kappa shape index (κ1) is 24.4. The van der Waals surface area contributed by atoms with Crippen LogP contribution in [-0.4, -0.2) is 9.13 Å². The van der Waals surface area contributed by atoms with E-state index in [0.29, 0.717) is 0 Å². The summed E-state index contributed by atoms with van der Waals surface area (Å²) in [6.45, 7) is 0. The van der Waals surface area contributed by atoms with Crippen LogP contribution in [0.1, 0.15) is 0 Å². The van der Waals surface area contributed by atoms with Gasteiger partial charge in [0, 0.05) is 43.7 Å². The minimum absolute atomic E-state index is 0.901. The molecule has 0 aliphatic carbocycles. The maximum Gasteiger partial charge on any atom is 0.135 e. The lowest BCUT2D eigenvalue weighted by molar-refractivity contribution is 0.669. The van der Waals surface area contributed by atoms with Crippen molar-refractivity contribution in [3.63, 3.8) is 0 Å². The molecule has 0 spiro atoms. The molecule has 3 nitrogen and oxygen atoms in total. The average Bonchev–Trinajstić information content (AvgIpc) is 3.76. The molecular weight excluding hydrogens is 548 g/mol. The summed E-state index contributed by atoms with van der Waals surface area (Å²) in [6, 6.07) is 56.6. The fraction of sp³-hybridized carbons (Fsp3) is 0. The lowest BCUT2D eigenvalue weighted by Crippen LogP contribution is -1.99. The Morgan fingerprint density at radius 3 is 1.60 bits per heavy atom. The van der Waals surface area contributed by atoms with Gasteiger partial charge in [0.05, 0.1) is 22.1 Å². The predicted octanol–water partition coefficient (Wildman–Crippen LogP) is 11.4. The Hall–Kier alpha value is -6.06. The summed E-state index contributed by atoms with van der Waals surface area (Å²) in [5.74, 6) is 0. The van der Waals surface area contributed by atoms with Crippen LogP contribution in [0.15, 0.2) is 162 Å². The van der Waals surface area contributed by atoms with E-state index in [0.717, 1.165) is 33.3 Å². The van der Waals surface area contributed by atoms with Gasteiger partial charge in [-0.1, -0.05) is 109 Å². The van der Waals surface area contributed by atoms with Crippen molar-refractivity contribution in [2.24, 2.45) is 0 Å². The van der Waals surface area contributed by atoms with Crippen molar-refractivity contribution in [2.75, 3.05) is 0 Å². The molecule has 0 bridgehead atoms. The molecule has 3 aromatic heterocycles. The Balaban J connectivity index is 1.37. The number of hydrogen-bond acceptors (Lipinski definition) is 1. The predicted molar refractivity (Wildman–Crippen MR) is 188 cm³/mol. The zero-order chi connectivity index (χ0) is 29.5. The summed E-state index contributed by atoms with van der Waals surface area (Å²) in [6.07, 6.45) is 0. The number of rotatable bonds is 3. The van der Waals surface area contributed by atoms with E-state index >= 15 is 0 Å². The van der Waals surface area contributed by atoms with Crippen LogP contribution in [-0.2, 0) is 0 Å². The smallest absolute Gasteiger partial charge is 0.135 e. The molecule has 0 unspecified atom stereocenters. The second-order valence-electron chi connectivity index (χ2n) is 11.8. The highest BCUT2D eigenvalue weighted by Gasteiger charge is 2.21. The van der Waals surface area contributed by atoms with Gasteiger partial charge in [-0.05, 0) is 59.7 Å². The normalized spacial score (nSPS) is 12.0. The first-order chi connectivity index (χ1) is 22.3. The molecule has 45 heavy (non-hydrogen) atoms. The van der Waals surface area contributed by atoms with Crippen molar-refractivity contribution in [2.45, 2.75) is 0 Å². The number of benzene rings is 7. The van der Waals surface area contributed by atoms with Gasteiger partial charge in [-0.15, -0.1) is 0 Å². The maximum atomic E-state index is 6.22. The molecule has 0 aliphatic rings. The van der Waals surface area contributed by atoms with Crippen molar-refractivity contribution in [1.82, 2.24) is 9.13 Å². The summed E-state index contributed by atoms with van der Waals surface area (Å²) in [5, 5.41) is 7.21. The third kappa shape index (κ3) is 3.46. The Bertz CT molecular complexity index is 2760. The Labute approximate surface area is 258 Å². The molecule has 0 radical (unpaired) electrons. The summed E-state index contributed by atoms with van der Waals surface area (Å²) >= 11 is 0. The Morgan fingerprint density at radius 1 is 0.333 bits per heavy atom. The van der Waals surface area contributed by atoms with Crippen molar-refractivity contribution < 1.29 is 4.42 Å². The Kier molecular flexibility index (Phi) is 5.00. The minimum Gasteiger partial charge on any atom is -0.456 e. The molecule has 0 saturated heterocycles. The van der Waals surface area contributed by atoms with Crippen LogP contribution in [0.25, 0.3) is 88.1 Å². The number of aromatic nitrogens is 2. The van der Waals surface area contributed by atoms with Crippen molar-refractivity contribution in [1.29, 1.82) is 0 Å². The van der Waals surface area contributed by atoms with Gasteiger partial charge in [0.25, 0.3) is 0 Å². The summed E-state index contributed by atoms with van der Waals surface area (Å²) in [5.41, 5.74) is 11.2. The number of hydrogen-bond donors (Lipinski definition) is 0. The van der Waals surface area contributed by atoms with Crippen LogP contribution in [0, 0.1) is 0 Å². The molecule has 210 valence electrons. The summed E-state index contributed by atoms with van der Waals surface area (Å²) in [7, 11) is 0. The highest BCUT2D eigenvalue weighted by Crippen LogP contribution is 2.42. The van der Waals surface area contributed by atoms with E-state index in [-0.39, 0.29) is 0 Å². The van der Waals surface area contributed by atoms with E-state index in [1.54, 1.807) is 0 Å². The summed E-state index contributed by atoms with van der Waals surface area (Å²) in [4.78, 5) is 0. The molecule has 7 aromatic carbocycles. The first-order valence-corrected chi connectivity index (χ1v) is 15.4. The largest absolute Gasteiger partial charge is 0.456 e. The van der Waals surface area contributed by atoms with Gasteiger partial charge in [-0.2, -0.15) is 0 Å². The third-order valence-electron chi connectivity index (χ3n) is 9.30. The molecular formula is C42H26N2O. The van der Waals surface area contributed by atoms with Gasteiger partial charge in [-0.3, -0.25) is 0 Å². The Morgan fingerprint density at radius 2 is 0.889 bits per heavy atom. The minimum atomic E-state index is 0.901. The molecule has 3 heteroatoms. The van der Waals surface area contributed by atoms with Crippen LogP contribution in [0.5, 0.6) is 0 Å². The van der Waals surface area contributed by atoms with E-state index in [2.05, 4.69) is 155 Å². The SMILES string of the molecule is c1ccc(-c2cccc(-n3c4ccccc4c4ccc5c6ccccc6n(-c6ccc7oc8ccccc8c7c6)c5c43)c2)cc1.